The Kier molecular flexibility index (Phi) is 2.90. The van der Waals surface area contributed by atoms with Gasteiger partial charge in [-0.05, 0) is 0 Å². The molecule has 0 radical (unpaired) electrons. The third-order valence-corrected chi connectivity index (χ3v) is 6.20. The fraction of sp³-hybridized carbons (Fsp3) is 1.00. The first-order valence-electron chi connectivity index (χ1n) is 2.94. The van der Waals surface area contributed by atoms with Gasteiger partial charge < -0.3 is 5.73 Å². The first-order chi connectivity index (χ1) is 5.06. The van der Waals surface area contributed by atoms with Gasteiger partial charge in [-0.25, -0.2) is 16.8 Å². The van der Waals surface area contributed by atoms with Crippen molar-refractivity contribution < 1.29 is 16.8 Å². The molecule has 12 heavy (non-hydrogen) atoms. The number of nitrogens with two attached hydrogens (primary N) is 2. The third-order valence-electron chi connectivity index (χ3n) is 1.54. The summed E-state index contributed by atoms with van der Waals surface area (Å²) >= 11 is 0. The Bertz CT molecular complexity index is 323. The highest BCUT2D eigenvalue weighted by Crippen LogP contribution is 2.14. The minimum atomic E-state index is -3.91. The van der Waals surface area contributed by atoms with E-state index < -0.39 is 30.4 Å². The predicted molar refractivity (Wildman–Crippen MR) is 45.7 cm³/mol. The van der Waals surface area contributed by atoms with E-state index in [2.05, 4.69) is 0 Å². The fourth-order valence-electron chi connectivity index (χ4n) is 0.578. The van der Waals surface area contributed by atoms with Crippen LogP contribution in [0.5, 0.6) is 0 Å². The maximum Gasteiger partial charge on any atom is 0.232 e. The largest absolute Gasteiger partial charge is 0.327 e. The lowest BCUT2D eigenvalue weighted by Crippen LogP contribution is -2.58. The summed E-state index contributed by atoms with van der Waals surface area (Å²) in [5, 5.41) is 0. The van der Waals surface area contributed by atoms with Crippen LogP contribution in [-0.4, -0.2) is 40.1 Å². The minimum Gasteiger partial charge on any atom is -0.327 e. The summed E-state index contributed by atoms with van der Waals surface area (Å²) in [6, 6.07) is 0. The topological polar surface area (TPSA) is 120 Å². The smallest absolute Gasteiger partial charge is 0.232 e. The number of hydrogen-bond donors (Lipinski definition) is 2. The molecular weight excluding hydrogens is 204 g/mol. The van der Waals surface area contributed by atoms with Gasteiger partial charge >= 0.3 is 0 Å². The van der Waals surface area contributed by atoms with E-state index in [0.717, 1.165) is 12.5 Å². The van der Waals surface area contributed by atoms with Gasteiger partial charge in [-0.15, -0.1) is 0 Å². The second kappa shape index (κ2) is 2.95. The highest BCUT2D eigenvalue weighted by atomic mass is 32.3. The zero-order valence-corrected chi connectivity index (χ0v) is 8.44. The van der Waals surface area contributed by atoms with Gasteiger partial charge in [0, 0.05) is 19.1 Å². The van der Waals surface area contributed by atoms with Gasteiger partial charge in [0.2, 0.25) is 4.20 Å². The van der Waals surface area contributed by atoms with Crippen molar-refractivity contribution in [2.75, 3.05) is 19.1 Å². The van der Waals surface area contributed by atoms with Crippen LogP contribution in [0.15, 0.2) is 0 Å². The molecule has 0 atom stereocenters. The van der Waals surface area contributed by atoms with Crippen molar-refractivity contribution in [1.82, 2.24) is 0 Å². The van der Waals surface area contributed by atoms with E-state index in [0.29, 0.717) is 0 Å². The standard InChI is InChI=1S/C4H12N2O4S2/c1-11(7,8)4(6,3-5)12(2,9)10/h3,5-6H2,1-2H3. The SMILES string of the molecule is CS(=O)(=O)C(N)(CN)S(C)(=O)=O. The molecule has 0 spiro atoms. The Morgan fingerprint density at radius 2 is 1.33 bits per heavy atom. The lowest BCUT2D eigenvalue weighted by molar-refractivity contribution is 0.549. The van der Waals surface area contributed by atoms with E-state index in [4.69, 9.17) is 11.5 Å². The van der Waals surface area contributed by atoms with E-state index in [1.54, 1.807) is 0 Å². The van der Waals surface area contributed by atoms with E-state index in [1.807, 2.05) is 0 Å². The molecule has 0 saturated heterocycles. The maximum absolute atomic E-state index is 10.9. The summed E-state index contributed by atoms with van der Waals surface area (Å²) in [6.45, 7) is -0.648. The van der Waals surface area contributed by atoms with Crippen molar-refractivity contribution in [2.24, 2.45) is 11.5 Å². The molecule has 0 aliphatic rings. The molecule has 8 heteroatoms. The van der Waals surface area contributed by atoms with Crippen molar-refractivity contribution >= 4 is 19.7 Å². The van der Waals surface area contributed by atoms with Crippen molar-refractivity contribution in [2.45, 2.75) is 4.20 Å². The van der Waals surface area contributed by atoms with Gasteiger partial charge in [-0.3, -0.25) is 5.73 Å². The van der Waals surface area contributed by atoms with E-state index >= 15 is 0 Å². The quantitative estimate of drug-likeness (QED) is 0.544. The molecular formula is C4H12N2O4S2. The highest BCUT2D eigenvalue weighted by Gasteiger charge is 2.45. The molecule has 0 rings (SSSR count). The Labute approximate surface area is 71.8 Å². The van der Waals surface area contributed by atoms with Crippen LogP contribution in [0.2, 0.25) is 0 Å². The highest BCUT2D eigenvalue weighted by molar-refractivity contribution is 8.09. The lowest BCUT2D eigenvalue weighted by atomic mass is 10.7. The van der Waals surface area contributed by atoms with Crippen LogP contribution in [0.1, 0.15) is 0 Å². The molecule has 0 aromatic carbocycles. The minimum absolute atomic E-state index is 0.648. The molecule has 0 amide bonds. The van der Waals surface area contributed by atoms with Gasteiger partial charge in [0.15, 0.2) is 19.7 Å². The Balaban J connectivity index is 5.58. The van der Waals surface area contributed by atoms with Gasteiger partial charge in [0.25, 0.3) is 0 Å². The van der Waals surface area contributed by atoms with E-state index in [9.17, 15) is 16.8 Å². The van der Waals surface area contributed by atoms with Crippen LogP contribution >= 0.6 is 0 Å². The Morgan fingerprint density at radius 1 is 1.08 bits per heavy atom. The summed E-state index contributed by atoms with van der Waals surface area (Å²) in [4.78, 5) is 0. The van der Waals surface area contributed by atoms with Crippen molar-refractivity contribution in [1.29, 1.82) is 0 Å². The molecule has 0 aromatic rings. The molecule has 4 N–H and O–H groups in total. The second-order valence-corrected chi connectivity index (χ2v) is 7.36. The summed E-state index contributed by atoms with van der Waals surface area (Å²) in [6.07, 6.45) is 1.47. The van der Waals surface area contributed by atoms with Crippen LogP contribution in [0.25, 0.3) is 0 Å². The summed E-state index contributed by atoms with van der Waals surface area (Å²) < 4.78 is 41.4. The monoisotopic (exact) mass is 216 g/mol. The Morgan fingerprint density at radius 3 is 1.33 bits per heavy atom. The van der Waals surface area contributed by atoms with Crippen molar-refractivity contribution in [3.8, 4) is 0 Å². The molecule has 0 bridgehead atoms. The molecule has 0 aromatic heterocycles. The molecule has 0 unspecified atom stereocenters. The van der Waals surface area contributed by atoms with Gasteiger partial charge in [0.05, 0.1) is 0 Å². The molecule has 6 nitrogen and oxygen atoms in total. The van der Waals surface area contributed by atoms with Crippen LogP contribution in [0.3, 0.4) is 0 Å². The molecule has 0 fully saturated rings. The Hall–Kier alpha value is -0.180. The number of sulfone groups is 2. The lowest BCUT2D eigenvalue weighted by Gasteiger charge is -2.22. The summed E-state index contributed by atoms with van der Waals surface area (Å²) in [5.74, 6) is 0. The molecule has 74 valence electrons. The van der Waals surface area contributed by atoms with Gasteiger partial charge in [-0.2, -0.15) is 0 Å². The summed E-state index contributed by atoms with van der Waals surface area (Å²) in [7, 11) is -7.81. The van der Waals surface area contributed by atoms with Crippen LogP contribution in [0, 0.1) is 0 Å². The fourth-order valence-corrected chi connectivity index (χ4v) is 3.38. The first kappa shape index (κ1) is 11.8. The van der Waals surface area contributed by atoms with E-state index in [-0.39, 0.29) is 0 Å². The van der Waals surface area contributed by atoms with Crippen LogP contribution < -0.4 is 11.5 Å². The normalized spacial score (nSPS) is 14.7. The van der Waals surface area contributed by atoms with E-state index in [1.165, 1.54) is 0 Å². The van der Waals surface area contributed by atoms with Crippen molar-refractivity contribution in [3.63, 3.8) is 0 Å². The molecule has 0 aliphatic heterocycles. The van der Waals surface area contributed by atoms with Crippen LogP contribution in [0.4, 0.5) is 0 Å². The average molecular weight is 216 g/mol. The predicted octanol–water partition coefficient (Wildman–Crippen LogP) is -2.35. The zero-order valence-electron chi connectivity index (χ0n) is 6.81. The summed E-state index contributed by atoms with van der Waals surface area (Å²) in [5.41, 5.74) is 10.1. The molecule has 0 aliphatic carbocycles. The van der Waals surface area contributed by atoms with Gasteiger partial charge in [0.1, 0.15) is 0 Å². The number of rotatable bonds is 3. The zero-order chi connectivity index (χ0) is 10.2. The average Bonchev–Trinajstić information content (AvgIpc) is 1.81. The first-order valence-corrected chi connectivity index (χ1v) is 6.72. The van der Waals surface area contributed by atoms with Crippen molar-refractivity contribution in [3.05, 3.63) is 0 Å². The maximum atomic E-state index is 10.9. The molecule has 0 saturated carbocycles. The number of hydrogen-bond acceptors (Lipinski definition) is 6. The van der Waals surface area contributed by atoms with Gasteiger partial charge in [-0.1, -0.05) is 0 Å². The third kappa shape index (κ3) is 1.76. The molecule has 0 heterocycles. The van der Waals surface area contributed by atoms with Crippen LogP contribution in [-0.2, 0) is 19.7 Å². The second-order valence-electron chi connectivity index (χ2n) is 2.56.